The molecule has 0 saturated carbocycles. The van der Waals surface area contributed by atoms with Crippen molar-refractivity contribution in [2.75, 3.05) is 4.90 Å². The van der Waals surface area contributed by atoms with Crippen molar-refractivity contribution in [2.45, 2.75) is 26.8 Å². The van der Waals surface area contributed by atoms with Gasteiger partial charge in [0.2, 0.25) is 5.78 Å². The number of aryl methyl sites for hydroxylation is 4. The fourth-order valence-electron chi connectivity index (χ4n) is 5.51. The van der Waals surface area contributed by atoms with Gasteiger partial charge in [0.1, 0.15) is 5.01 Å². The van der Waals surface area contributed by atoms with E-state index in [1.165, 1.54) is 11.3 Å². The average molecular weight is 534 g/mol. The van der Waals surface area contributed by atoms with Crippen LogP contribution in [0.1, 0.15) is 38.1 Å². The highest BCUT2D eigenvalue weighted by Crippen LogP contribution is 2.45. The Morgan fingerprint density at radius 2 is 1.62 bits per heavy atom. The van der Waals surface area contributed by atoms with Crippen molar-refractivity contribution in [1.82, 2.24) is 9.55 Å². The number of amides is 1. The number of anilines is 1. The van der Waals surface area contributed by atoms with Gasteiger partial charge in [0.25, 0.3) is 5.91 Å². The monoisotopic (exact) mass is 533 g/mol. The molecule has 1 atom stereocenters. The van der Waals surface area contributed by atoms with Crippen LogP contribution in [-0.4, -0.2) is 26.3 Å². The first-order valence-electron chi connectivity index (χ1n) is 12.7. The van der Waals surface area contributed by atoms with Gasteiger partial charge in [-0.05, 0) is 50.1 Å². The van der Waals surface area contributed by atoms with Gasteiger partial charge in [0.15, 0.2) is 5.76 Å². The van der Waals surface area contributed by atoms with Crippen LogP contribution in [0.5, 0.6) is 0 Å². The predicted molar refractivity (Wildman–Crippen MR) is 155 cm³/mol. The maximum atomic E-state index is 14.3. The third-order valence-corrected chi connectivity index (χ3v) is 8.39. The SMILES string of the molecule is Cc1cc(C)cc(N2C(=O)C(O)=C(C(=O)c3sc(-c4ccccc4)nc3C)C2c2cn(C)c3ccccc23)c1. The number of carbonyl (C=O) groups excluding carboxylic acids is 2. The summed E-state index contributed by atoms with van der Waals surface area (Å²) < 4.78 is 1.98. The number of aliphatic hydroxyl groups is 1. The van der Waals surface area contributed by atoms with E-state index in [4.69, 9.17) is 0 Å². The van der Waals surface area contributed by atoms with Crippen molar-refractivity contribution in [3.8, 4) is 10.6 Å². The summed E-state index contributed by atoms with van der Waals surface area (Å²) in [6, 6.07) is 22.6. The number of benzene rings is 3. The number of thiazole rings is 1. The van der Waals surface area contributed by atoms with Crippen LogP contribution in [0.15, 0.2) is 90.3 Å². The number of hydrogen-bond donors (Lipinski definition) is 1. The molecule has 6 nitrogen and oxygen atoms in total. The van der Waals surface area contributed by atoms with Gasteiger partial charge in [0.05, 0.1) is 22.2 Å². The Morgan fingerprint density at radius 1 is 0.949 bits per heavy atom. The van der Waals surface area contributed by atoms with Crippen LogP contribution < -0.4 is 4.90 Å². The summed E-state index contributed by atoms with van der Waals surface area (Å²) >= 11 is 1.28. The number of aromatic nitrogens is 2. The molecule has 7 heteroatoms. The number of carbonyl (C=O) groups is 2. The van der Waals surface area contributed by atoms with Gasteiger partial charge < -0.3 is 9.67 Å². The maximum Gasteiger partial charge on any atom is 0.294 e. The van der Waals surface area contributed by atoms with Gasteiger partial charge in [-0.3, -0.25) is 14.5 Å². The van der Waals surface area contributed by atoms with Crippen molar-refractivity contribution < 1.29 is 14.7 Å². The third kappa shape index (κ3) is 4.06. The lowest BCUT2D eigenvalue weighted by atomic mass is 9.94. The largest absolute Gasteiger partial charge is 0.503 e. The molecule has 1 unspecified atom stereocenters. The van der Waals surface area contributed by atoms with Crippen LogP contribution in [-0.2, 0) is 11.8 Å². The molecule has 6 rings (SSSR count). The van der Waals surface area contributed by atoms with Crippen LogP contribution in [0.3, 0.4) is 0 Å². The summed E-state index contributed by atoms with van der Waals surface area (Å²) in [6.45, 7) is 5.73. The molecule has 0 saturated heterocycles. The van der Waals surface area contributed by atoms with E-state index < -0.39 is 17.7 Å². The fourth-order valence-corrected chi connectivity index (χ4v) is 6.54. The molecular weight excluding hydrogens is 506 g/mol. The second-order valence-corrected chi connectivity index (χ2v) is 11.0. The third-order valence-electron chi connectivity index (χ3n) is 7.18. The smallest absolute Gasteiger partial charge is 0.294 e. The number of fused-ring (bicyclic) bond motifs is 1. The summed E-state index contributed by atoms with van der Waals surface area (Å²) in [4.78, 5) is 34.7. The molecular formula is C32H27N3O3S. The molecule has 1 amide bonds. The first-order chi connectivity index (χ1) is 18.7. The minimum absolute atomic E-state index is 0.0712. The van der Waals surface area contributed by atoms with Crippen molar-refractivity contribution in [3.05, 3.63) is 118 Å². The topological polar surface area (TPSA) is 75.4 Å². The predicted octanol–water partition coefficient (Wildman–Crippen LogP) is 7.01. The number of rotatable bonds is 5. The Hall–Kier alpha value is -4.49. The molecule has 0 bridgehead atoms. The van der Waals surface area contributed by atoms with E-state index in [1.807, 2.05) is 104 Å². The fraction of sp³-hybridized carbons (Fsp3) is 0.156. The van der Waals surface area contributed by atoms with E-state index in [1.54, 1.807) is 11.8 Å². The molecule has 1 aliphatic rings. The van der Waals surface area contributed by atoms with E-state index in [2.05, 4.69) is 4.98 Å². The molecule has 194 valence electrons. The minimum Gasteiger partial charge on any atom is -0.503 e. The van der Waals surface area contributed by atoms with E-state index in [0.717, 1.165) is 33.2 Å². The minimum atomic E-state index is -0.807. The van der Waals surface area contributed by atoms with Crippen LogP contribution >= 0.6 is 11.3 Å². The van der Waals surface area contributed by atoms with Gasteiger partial charge in [-0.1, -0.05) is 54.6 Å². The van der Waals surface area contributed by atoms with Crippen molar-refractivity contribution >= 4 is 39.6 Å². The van der Waals surface area contributed by atoms with E-state index in [-0.39, 0.29) is 11.4 Å². The van der Waals surface area contributed by atoms with Gasteiger partial charge in [-0.25, -0.2) is 4.98 Å². The van der Waals surface area contributed by atoms with Crippen molar-refractivity contribution in [2.24, 2.45) is 7.05 Å². The zero-order valence-corrected chi connectivity index (χ0v) is 22.9. The Bertz CT molecular complexity index is 1790. The normalized spacial score (nSPS) is 15.5. The summed E-state index contributed by atoms with van der Waals surface area (Å²) in [5.41, 5.74) is 5.90. The number of para-hydroxylation sites is 1. The molecule has 5 aromatic rings. The molecule has 0 fully saturated rings. The lowest BCUT2D eigenvalue weighted by Gasteiger charge is -2.27. The first-order valence-corrected chi connectivity index (χ1v) is 13.5. The zero-order chi connectivity index (χ0) is 27.4. The number of ketones is 1. The molecule has 3 heterocycles. The molecule has 0 spiro atoms. The maximum absolute atomic E-state index is 14.3. The lowest BCUT2D eigenvalue weighted by molar-refractivity contribution is -0.117. The van der Waals surface area contributed by atoms with Crippen molar-refractivity contribution in [1.29, 1.82) is 0 Å². The van der Waals surface area contributed by atoms with E-state index in [9.17, 15) is 14.7 Å². The van der Waals surface area contributed by atoms with Crippen LogP contribution in [0.25, 0.3) is 21.5 Å². The van der Waals surface area contributed by atoms with E-state index in [0.29, 0.717) is 21.3 Å². The van der Waals surface area contributed by atoms with Gasteiger partial charge >= 0.3 is 0 Å². The lowest BCUT2D eigenvalue weighted by Crippen LogP contribution is -2.31. The number of nitrogens with zero attached hydrogens (tertiary/aromatic N) is 3. The summed E-state index contributed by atoms with van der Waals surface area (Å²) in [6.07, 6.45) is 1.94. The first kappa shape index (κ1) is 24.8. The average Bonchev–Trinajstić information content (AvgIpc) is 3.55. The number of hydrogen-bond acceptors (Lipinski definition) is 5. The van der Waals surface area contributed by atoms with Gasteiger partial charge in [0, 0.05) is 41.0 Å². The van der Waals surface area contributed by atoms with E-state index >= 15 is 0 Å². The molecule has 1 N–H and O–H groups in total. The van der Waals surface area contributed by atoms with Crippen LogP contribution in [0.4, 0.5) is 5.69 Å². The standard InChI is InChI=1S/C32H27N3O3S/c1-18-14-19(2)16-22(15-18)35-27(24-17-34(4)25-13-9-8-12-23(24)25)26(29(37)32(35)38)28(36)30-20(3)33-31(39-30)21-10-6-5-7-11-21/h5-17,27,37H,1-4H3. The highest BCUT2D eigenvalue weighted by molar-refractivity contribution is 7.17. The van der Waals surface area contributed by atoms with Crippen molar-refractivity contribution in [3.63, 3.8) is 0 Å². The van der Waals surface area contributed by atoms with Crippen LogP contribution in [0.2, 0.25) is 0 Å². The molecule has 2 aromatic heterocycles. The summed E-state index contributed by atoms with van der Waals surface area (Å²) in [7, 11) is 1.94. The molecule has 1 aliphatic heterocycles. The Balaban J connectivity index is 1.55. The van der Waals surface area contributed by atoms with Gasteiger partial charge in [-0.15, -0.1) is 11.3 Å². The summed E-state index contributed by atoms with van der Waals surface area (Å²) in [5.74, 6) is -1.50. The quantitative estimate of drug-likeness (QED) is 0.247. The molecule has 39 heavy (non-hydrogen) atoms. The number of Topliss-reactive ketones (excluding diaryl/α,β-unsaturated/α-hetero) is 1. The Labute approximate surface area is 230 Å². The number of aliphatic hydroxyl groups excluding tert-OH is 1. The Kier molecular flexibility index (Phi) is 5.96. The van der Waals surface area contributed by atoms with Crippen LogP contribution in [0, 0.1) is 20.8 Å². The molecule has 3 aromatic carbocycles. The molecule has 0 aliphatic carbocycles. The van der Waals surface area contributed by atoms with Gasteiger partial charge in [-0.2, -0.15) is 0 Å². The second kappa shape index (κ2) is 9.36. The summed E-state index contributed by atoms with van der Waals surface area (Å²) in [5, 5.41) is 13.0. The Morgan fingerprint density at radius 3 is 2.33 bits per heavy atom. The second-order valence-electron chi connectivity index (χ2n) is 10.0. The molecule has 0 radical (unpaired) electrons. The zero-order valence-electron chi connectivity index (χ0n) is 22.1. The highest BCUT2D eigenvalue weighted by atomic mass is 32.1. The highest BCUT2D eigenvalue weighted by Gasteiger charge is 2.46.